The molecule has 2 aliphatic rings. The molecule has 2 aromatic heterocycles. The summed E-state index contributed by atoms with van der Waals surface area (Å²) >= 11 is 0. The number of piperidine rings is 1. The van der Waals surface area contributed by atoms with Crippen molar-refractivity contribution in [1.82, 2.24) is 20.3 Å². The third-order valence-corrected chi connectivity index (χ3v) is 7.94. The van der Waals surface area contributed by atoms with Crippen molar-refractivity contribution in [1.29, 1.82) is 0 Å². The van der Waals surface area contributed by atoms with Crippen molar-refractivity contribution < 1.29 is 23.5 Å². The van der Waals surface area contributed by atoms with Gasteiger partial charge in [0.2, 0.25) is 5.89 Å². The SMILES string of the molecule is C/C(N)=N/N[C@H](c1ccccc1)C1CC2CCC(C1)N2C(=O)c1cc(-c2nc3cc(NC(=O)OF)ccc3o2)ccn1. The summed E-state index contributed by atoms with van der Waals surface area (Å²) in [5.74, 6) is 0.924. The largest absolute Gasteiger partial charge is 0.449 e. The van der Waals surface area contributed by atoms with E-state index < -0.39 is 6.09 Å². The molecular formula is C30H30FN7O4. The van der Waals surface area contributed by atoms with Gasteiger partial charge in [0.1, 0.15) is 17.0 Å². The van der Waals surface area contributed by atoms with Gasteiger partial charge in [0, 0.05) is 34.1 Å². The minimum atomic E-state index is -1.24. The average Bonchev–Trinajstić information content (AvgIpc) is 3.54. The topological polar surface area (TPSA) is 148 Å². The lowest BCUT2D eigenvalue weighted by molar-refractivity contribution is -0.0544. The number of aromatic nitrogens is 2. The summed E-state index contributed by atoms with van der Waals surface area (Å²) in [6.07, 6.45) is 3.88. The van der Waals surface area contributed by atoms with E-state index in [1.54, 1.807) is 31.3 Å². The molecule has 2 amide bonds. The minimum Gasteiger partial charge on any atom is -0.436 e. The molecule has 11 nitrogen and oxygen atoms in total. The van der Waals surface area contributed by atoms with Crippen LogP contribution in [0, 0.1) is 5.92 Å². The van der Waals surface area contributed by atoms with E-state index in [9.17, 15) is 14.1 Å². The number of amidine groups is 1. The monoisotopic (exact) mass is 571 g/mol. The molecule has 42 heavy (non-hydrogen) atoms. The van der Waals surface area contributed by atoms with Crippen LogP contribution in [-0.4, -0.2) is 44.8 Å². The number of hydrogen-bond donors (Lipinski definition) is 3. The molecule has 4 heterocycles. The number of fused-ring (bicyclic) bond motifs is 3. The maximum absolute atomic E-state index is 13.8. The number of benzene rings is 2. The molecule has 0 radical (unpaired) electrons. The molecular weight excluding hydrogens is 541 g/mol. The highest BCUT2D eigenvalue weighted by atomic mass is 19.3. The number of amides is 2. The Balaban J connectivity index is 1.21. The van der Waals surface area contributed by atoms with E-state index in [2.05, 4.69) is 42.9 Å². The lowest BCUT2D eigenvalue weighted by Crippen LogP contribution is -2.48. The lowest BCUT2D eigenvalue weighted by atomic mass is 9.82. The molecule has 2 saturated heterocycles. The number of carbonyl (C=O) groups is 2. The van der Waals surface area contributed by atoms with Crippen LogP contribution in [0.5, 0.6) is 0 Å². The van der Waals surface area contributed by atoms with Gasteiger partial charge in [-0.15, -0.1) is 0 Å². The number of anilines is 1. The zero-order chi connectivity index (χ0) is 29.2. The normalized spacial score (nSPS) is 20.8. The Labute approximate surface area is 240 Å². The van der Waals surface area contributed by atoms with Crippen LogP contribution in [0.1, 0.15) is 54.7 Å². The molecule has 2 bridgehead atoms. The van der Waals surface area contributed by atoms with Crippen LogP contribution in [-0.2, 0) is 4.94 Å². The molecule has 2 fully saturated rings. The average molecular weight is 572 g/mol. The molecule has 4 N–H and O–H groups in total. The number of nitrogens with two attached hydrogens (primary N) is 1. The van der Waals surface area contributed by atoms with Crippen molar-refractivity contribution in [2.24, 2.45) is 16.8 Å². The predicted molar refractivity (Wildman–Crippen MR) is 154 cm³/mol. The molecule has 3 atom stereocenters. The number of halogens is 1. The molecule has 2 unspecified atom stereocenters. The summed E-state index contributed by atoms with van der Waals surface area (Å²) in [4.78, 5) is 39.1. The third kappa shape index (κ3) is 5.47. The first-order valence-electron chi connectivity index (χ1n) is 13.8. The zero-order valence-electron chi connectivity index (χ0n) is 22.9. The molecule has 2 aromatic carbocycles. The fourth-order valence-electron chi connectivity index (χ4n) is 6.19. The van der Waals surface area contributed by atoms with Crippen molar-refractivity contribution in [3.8, 4) is 11.5 Å². The number of oxazole rings is 1. The Morgan fingerprint density at radius 1 is 1.12 bits per heavy atom. The van der Waals surface area contributed by atoms with Gasteiger partial charge in [-0.3, -0.25) is 15.1 Å². The van der Waals surface area contributed by atoms with Crippen LogP contribution < -0.4 is 16.5 Å². The number of pyridine rings is 1. The van der Waals surface area contributed by atoms with E-state index in [1.165, 1.54) is 12.1 Å². The van der Waals surface area contributed by atoms with Crippen LogP contribution in [0.25, 0.3) is 22.6 Å². The van der Waals surface area contributed by atoms with Gasteiger partial charge in [0.15, 0.2) is 5.58 Å². The first-order chi connectivity index (χ1) is 20.4. The van der Waals surface area contributed by atoms with E-state index in [-0.39, 0.29) is 30.0 Å². The third-order valence-electron chi connectivity index (χ3n) is 7.94. The lowest BCUT2D eigenvalue weighted by Gasteiger charge is -2.41. The smallest absolute Gasteiger partial charge is 0.436 e. The fourth-order valence-corrected chi connectivity index (χ4v) is 6.19. The van der Waals surface area contributed by atoms with Crippen LogP contribution in [0.15, 0.2) is 76.4 Å². The molecule has 0 aliphatic carbocycles. The molecule has 2 aliphatic heterocycles. The summed E-state index contributed by atoms with van der Waals surface area (Å²) in [7, 11) is 0. The highest BCUT2D eigenvalue weighted by Gasteiger charge is 2.46. The van der Waals surface area contributed by atoms with Crippen molar-refractivity contribution in [2.45, 2.75) is 50.7 Å². The van der Waals surface area contributed by atoms with Crippen molar-refractivity contribution in [2.75, 3.05) is 5.32 Å². The first kappa shape index (κ1) is 27.2. The zero-order valence-corrected chi connectivity index (χ0v) is 22.9. The number of nitrogens with one attached hydrogen (secondary N) is 2. The van der Waals surface area contributed by atoms with Crippen LogP contribution in [0.4, 0.5) is 15.0 Å². The molecule has 12 heteroatoms. The van der Waals surface area contributed by atoms with Crippen molar-refractivity contribution in [3.05, 3.63) is 78.1 Å². The van der Waals surface area contributed by atoms with Gasteiger partial charge in [-0.25, -0.2) is 14.7 Å². The Morgan fingerprint density at radius 3 is 2.60 bits per heavy atom. The van der Waals surface area contributed by atoms with Crippen LogP contribution in [0.3, 0.4) is 0 Å². The van der Waals surface area contributed by atoms with Gasteiger partial charge < -0.3 is 20.5 Å². The van der Waals surface area contributed by atoms with Gasteiger partial charge in [-0.05, 0) is 74.4 Å². The summed E-state index contributed by atoms with van der Waals surface area (Å²) < 4.78 is 18.0. The predicted octanol–water partition coefficient (Wildman–Crippen LogP) is 5.33. The molecule has 4 aromatic rings. The van der Waals surface area contributed by atoms with E-state index in [0.29, 0.717) is 39.8 Å². The summed E-state index contributed by atoms with van der Waals surface area (Å²) in [5.41, 5.74) is 12.4. The van der Waals surface area contributed by atoms with Crippen LogP contribution in [0.2, 0.25) is 0 Å². The van der Waals surface area contributed by atoms with E-state index in [1.807, 2.05) is 23.1 Å². The number of carbonyl (C=O) groups excluding carboxylic acids is 2. The maximum atomic E-state index is 13.8. The molecule has 0 spiro atoms. The Kier molecular flexibility index (Phi) is 7.43. The Hall–Kier alpha value is -5.00. The maximum Gasteiger partial charge on any atom is 0.449 e. The minimum absolute atomic E-state index is 0.0102. The quantitative estimate of drug-likeness (QED) is 0.153. The first-order valence-corrected chi connectivity index (χ1v) is 13.8. The molecule has 216 valence electrons. The van der Waals surface area contributed by atoms with Gasteiger partial charge in [0.05, 0.1) is 6.04 Å². The van der Waals surface area contributed by atoms with E-state index in [0.717, 1.165) is 31.2 Å². The van der Waals surface area contributed by atoms with Crippen molar-refractivity contribution >= 4 is 34.6 Å². The fraction of sp³-hybridized carbons (Fsp3) is 0.300. The highest BCUT2D eigenvalue weighted by Crippen LogP contribution is 2.44. The number of rotatable bonds is 7. The van der Waals surface area contributed by atoms with Crippen LogP contribution >= 0.6 is 0 Å². The molecule has 6 rings (SSSR count). The van der Waals surface area contributed by atoms with E-state index >= 15 is 0 Å². The standard InChI is InChI=1S/C30H30FN7O4/c1-17(32)36-37-27(18-5-3-2-4-6-18)20-13-22-8-9-23(14-20)38(22)29(39)25-15-19(11-12-33-25)28-35-24-16-21(34-30(40)42-31)7-10-26(24)41-28/h2-7,10-12,15-16,20,22-23,27,37H,8-9,13-14H2,1H3,(H2,32,36)(H,34,40)/t20?,22?,23?,27-/m1/s1. The second kappa shape index (κ2) is 11.5. The second-order valence-corrected chi connectivity index (χ2v) is 10.7. The molecule has 0 saturated carbocycles. The van der Waals surface area contributed by atoms with Gasteiger partial charge in [-0.1, -0.05) is 30.3 Å². The van der Waals surface area contributed by atoms with Gasteiger partial charge in [-0.2, -0.15) is 5.10 Å². The summed E-state index contributed by atoms with van der Waals surface area (Å²) in [6, 6.07) is 18.5. The van der Waals surface area contributed by atoms with Gasteiger partial charge in [0.25, 0.3) is 5.91 Å². The van der Waals surface area contributed by atoms with Crippen molar-refractivity contribution in [3.63, 3.8) is 0 Å². The highest BCUT2D eigenvalue weighted by molar-refractivity contribution is 5.94. The summed E-state index contributed by atoms with van der Waals surface area (Å²) in [6.45, 7) is 1.75. The van der Waals surface area contributed by atoms with E-state index in [4.69, 9.17) is 10.2 Å². The Morgan fingerprint density at radius 2 is 1.88 bits per heavy atom. The number of hydrazone groups is 1. The Bertz CT molecular complexity index is 1630. The van der Waals surface area contributed by atoms with Gasteiger partial charge >= 0.3 is 6.09 Å². The number of nitrogens with zero attached hydrogens (tertiary/aromatic N) is 4. The number of hydrogen-bond acceptors (Lipinski definition) is 8. The summed E-state index contributed by atoms with van der Waals surface area (Å²) in [5, 5.41) is 6.57. The second-order valence-electron chi connectivity index (χ2n) is 10.7.